The molecule has 32 heteroatoms. The Morgan fingerprint density at radius 1 is 0.379 bits per heavy atom. The van der Waals surface area contributed by atoms with Gasteiger partial charge in [-0.2, -0.15) is 0 Å². The SMILES string of the molecule is NC(N)=NCCC[C@H](NC(=O)C[C@H](NC(=O)[C@H](CC(=O)N[C@@H](CCCN=C(N)N)C(=O)O)NC(=O)[C@@H](N)CC(=O)N[C@@H](CCCN=C(N)N)C(=O)O)C(=O)N[C@@H](CC(=O)O)C(=O)O)C(=O)O. The number of amides is 6. The molecule has 0 aromatic carbocycles. The van der Waals surface area contributed by atoms with Crippen LogP contribution in [0, 0.1) is 0 Å². The number of nitrogens with two attached hydrogens (primary N) is 7. The Hall–Kier alpha value is -8.06. The maximum absolute atomic E-state index is 13.9. The van der Waals surface area contributed by atoms with Gasteiger partial charge in [0.05, 0.1) is 31.7 Å². The number of hydrogen-bond donors (Lipinski definition) is 18. The number of nitrogens with zero attached hydrogens (tertiary/aromatic N) is 3. The first-order chi connectivity index (χ1) is 30.7. The van der Waals surface area contributed by atoms with Crippen molar-refractivity contribution in [2.45, 2.75) is 107 Å². The Bertz CT molecular complexity index is 1850. The highest BCUT2D eigenvalue weighted by molar-refractivity contribution is 5.99. The Morgan fingerprint density at radius 3 is 0.955 bits per heavy atom. The number of hydrogen-bond acceptors (Lipinski definition) is 15. The molecule has 32 nitrogen and oxygen atoms in total. The van der Waals surface area contributed by atoms with Crippen molar-refractivity contribution in [3.05, 3.63) is 0 Å². The average Bonchev–Trinajstić information content (AvgIpc) is 3.19. The number of carboxylic acids is 5. The summed E-state index contributed by atoms with van der Waals surface area (Å²) in [5.74, 6) is -17.1. The van der Waals surface area contributed by atoms with E-state index in [-0.39, 0.29) is 76.0 Å². The maximum Gasteiger partial charge on any atom is 0.326 e. The van der Waals surface area contributed by atoms with Crippen LogP contribution in [0.15, 0.2) is 15.0 Å². The van der Waals surface area contributed by atoms with Crippen molar-refractivity contribution in [3.63, 3.8) is 0 Å². The van der Waals surface area contributed by atoms with Crippen molar-refractivity contribution < 1.29 is 78.3 Å². The van der Waals surface area contributed by atoms with E-state index in [4.69, 9.17) is 45.2 Å². The zero-order valence-corrected chi connectivity index (χ0v) is 35.3. The topological polar surface area (TPSA) is 580 Å². The van der Waals surface area contributed by atoms with Crippen LogP contribution in [-0.2, 0) is 52.7 Å². The van der Waals surface area contributed by atoms with Crippen molar-refractivity contribution in [1.29, 1.82) is 0 Å². The summed E-state index contributed by atoms with van der Waals surface area (Å²) in [5, 5.41) is 59.8. The second-order valence-corrected chi connectivity index (χ2v) is 14.1. The molecular formula is C34H58N16O16. The monoisotopic (exact) mass is 946 g/mol. The summed E-state index contributed by atoms with van der Waals surface area (Å²) in [5.41, 5.74) is 37.4. The molecular weight excluding hydrogens is 888 g/mol. The van der Waals surface area contributed by atoms with E-state index in [0.29, 0.717) is 0 Å². The van der Waals surface area contributed by atoms with Crippen LogP contribution in [0.25, 0.3) is 0 Å². The van der Waals surface area contributed by atoms with Crippen LogP contribution in [0.1, 0.15) is 64.2 Å². The van der Waals surface area contributed by atoms with Crippen molar-refractivity contribution in [2.24, 2.45) is 55.1 Å². The van der Waals surface area contributed by atoms with Crippen LogP contribution in [0.3, 0.4) is 0 Å². The van der Waals surface area contributed by atoms with Crippen LogP contribution in [-0.4, -0.2) is 171 Å². The summed E-state index contributed by atoms with van der Waals surface area (Å²) in [7, 11) is 0. The fraction of sp³-hybridized carbons (Fsp3) is 0.588. The van der Waals surface area contributed by atoms with Gasteiger partial charge in [-0.05, 0) is 38.5 Å². The second kappa shape index (κ2) is 30.1. The molecule has 0 aliphatic carbocycles. The minimum Gasteiger partial charge on any atom is -0.481 e. The van der Waals surface area contributed by atoms with E-state index >= 15 is 0 Å². The van der Waals surface area contributed by atoms with Gasteiger partial charge in [0.25, 0.3) is 0 Å². The molecule has 0 aliphatic heterocycles. The Kier molecular flexibility index (Phi) is 26.4. The molecule has 0 rings (SSSR count). The van der Waals surface area contributed by atoms with Crippen molar-refractivity contribution >= 4 is 83.2 Å². The zero-order valence-electron chi connectivity index (χ0n) is 35.3. The van der Waals surface area contributed by atoms with Gasteiger partial charge in [0.15, 0.2) is 17.9 Å². The summed E-state index contributed by atoms with van der Waals surface area (Å²) < 4.78 is 0. The molecule has 0 radical (unpaired) electrons. The lowest BCUT2D eigenvalue weighted by Gasteiger charge is -2.25. The number of carboxylic acid groups (broad SMARTS) is 5. The molecule has 0 bridgehead atoms. The number of aliphatic carboxylic acids is 5. The molecule has 6 amide bonds. The highest BCUT2D eigenvalue weighted by atomic mass is 16.4. The van der Waals surface area contributed by atoms with Gasteiger partial charge in [-0.25, -0.2) is 19.2 Å². The summed E-state index contributed by atoms with van der Waals surface area (Å²) in [6.07, 6.45) is -5.07. The van der Waals surface area contributed by atoms with Crippen molar-refractivity contribution in [3.8, 4) is 0 Å². The van der Waals surface area contributed by atoms with Gasteiger partial charge in [0.2, 0.25) is 35.4 Å². The molecule has 0 heterocycles. The number of nitrogens with one attached hydrogen (secondary N) is 6. The van der Waals surface area contributed by atoms with Crippen molar-refractivity contribution in [2.75, 3.05) is 19.6 Å². The molecule has 7 atom stereocenters. The molecule has 0 aromatic heterocycles. The Labute approximate surface area is 374 Å². The van der Waals surface area contributed by atoms with E-state index in [9.17, 15) is 73.2 Å². The van der Waals surface area contributed by atoms with E-state index in [1.54, 1.807) is 0 Å². The molecule has 0 saturated carbocycles. The lowest BCUT2D eigenvalue weighted by Crippen LogP contribution is -2.59. The van der Waals surface area contributed by atoms with Gasteiger partial charge < -0.3 is 97.6 Å². The number of carbonyl (C=O) groups is 11. The lowest BCUT2D eigenvalue weighted by molar-refractivity contribution is -0.147. The highest BCUT2D eigenvalue weighted by Gasteiger charge is 2.35. The van der Waals surface area contributed by atoms with Gasteiger partial charge in [0, 0.05) is 19.6 Å². The predicted molar refractivity (Wildman–Crippen MR) is 226 cm³/mol. The highest BCUT2D eigenvalue weighted by Crippen LogP contribution is 2.07. The number of aliphatic imine (C=N–C) groups is 3. The third-order valence-corrected chi connectivity index (χ3v) is 8.52. The van der Waals surface area contributed by atoms with Crippen LogP contribution in [0.4, 0.5) is 0 Å². The molecule has 370 valence electrons. The first-order valence-electron chi connectivity index (χ1n) is 19.6. The van der Waals surface area contributed by atoms with Crippen LogP contribution in [0.5, 0.6) is 0 Å². The number of rotatable bonds is 33. The van der Waals surface area contributed by atoms with Crippen LogP contribution >= 0.6 is 0 Å². The van der Waals surface area contributed by atoms with E-state index in [2.05, 4.69) is 30.9 Å². The molecule has 0 unspecified atom stereocenters. The second-order valence-electron chi connectivity index (χ2n) is 14.1. The summed E-state index contributed by atoms with van der Waals surface area (Å²) in [6, 6.07) is -13.2. The first kappa shape index (κ1) is 57.9. The van der Waals surface area contributed by atoms with Gasteiger partial charge in [0.1, 0.15) is 36.3 Å². The molecule has 0 spiro atoms. The van der Waals surface area contributed by atoms with E-state index < -0.39 is 133 Å². The van der Waals surface area contributed by atoms with E-state index in [1.165, 1.54) is 0 Å². The predicted octanol–water partition coefficient (Wildman–Crippen LogP) is -8.63. The normalized spacial score (nSPS) is 13.7. The molecule has 66 heavy (non-hydrogen) atoms. The van der Waals surface area contributed by atoms with Gasteiger partial charge in [-0.15, -0.1) is 0 Å². The average molecular weight is 947 g/mol. The third-order valence-electron chi connectivity index (χ3n) is 8.52. The molecule has 0 aliphatic rings. The van der Waals surface area contributed by atoms with Crippen LogP contribution < -0.4 is 72.0 Å². The zero-order chi connectivity index (χ0) is 50.7. The summed E-state index contributed by atoms with van der Waals surface area (Å²) in [6.45, 7) is -0.113. The maximum atomic E-state index is 13.9. The quantitative estimate of drug-likeness (QED) is 0.0165. The standard InChI is InChI=1S/C34H58N16O16/c35-14(10-21(51)45-15(28(59)60)4-1-7-42-32(36)37)25(56)48-18(11-22(52)46-16(29(61)62)5-2-8-43-33(38)39)26(57)49-19(27(58)50-20(31(65)66)13-24(54)55)12-23(53)47-17(30(63)64)6-3-9-44-34(40)41/h14-20H,1-13,35H2,(H,45,51)(H,46,52)(H,47,53)(H,48,56)(H,49,57)(H,50,58)(H,54,55)(H,59,60)(H,61,62)(H,63,64)(H,65,66)(H4,36,37,42)(H4,38,39,43)(H4,40,41,44)/t14-,15-,16-,17-,18-,19-,20-/m0/s1. The van der Waals surface area contributed by atoms with E-state index in [1.807, 2.05) is 16.0 Å². The molecule has 0 fully saturated rings. The number of carbonyl (C=O) groups excluding carboxylic acids is 6. The van der Waals surface area contributed by atoms with Crippen LogP contribution in [0.2, 0.25) is 0 Å². The minimum atomic E-state index is -2.21. The third kappa shape index (κ3) is 25.8. The van der Waals surface area contributed by atoms with E-state index in [0.717, 1.165) is 0 Å². The smallest absolute Gasteiger partial charge is 0.326 e. The van der Waals surface area contributed by atoms with Crippen molar-refractivity contribution in [1.82, 2.24) is 31.9 Å². The molecule has 25 N–H and O–H groups in total. The Morgan fingerprint density at radius 2 is 0.667 bits per heavy atom. The minimum absolute atomic E-state index is 0.00638. The molecule has 0 aromatic rings. The summed E-state index contributed by atoms with van der Waals surface area (Å²) in [4.78, 5) is 150. The summed E-state index contributed by atoms with van der Waals surface area (Å²) >= 11 is 0. The van der Waals surface area contributed by atoms with Gasteiger partial charge in [-0.1, -0.05) is 0 Å². The lowest BCUT2D eigenvalue weighted by atomic mass is 10.1. The fourth-order valence-corrected chi connectivity index (χ4v) is 5.32. The first-order valence-corrected chi connectivity index (χ1v) is 19.6. The fourth-order valence-electron chi connectivity index (χ4n) is 5.32. The largest absolute Gasteiger partial charge is 0.481 e. The van der Waals surface area contributed by atoms with Gasteiger partial charge in [-0.3, -0.25) is 48.5 Å². The number of guanidine groups is 3. The molecule has 0 saturated heterocycles. The van der Waals surface area contributed by atoms with Gasteiger partial charge >= 0.3 is 29.8 Å². The Balaban J connectivity index is 6.77.